The fourth-order valence-electron chi connectivity index (χ4n) is 7.91. The lowest BCUT2D eigenvalue weighted by atomic mass is 9.89. The van der Waals surface area contributed by atoms with Gasteiger partial charge in [-0.25, -0.2) is 0 Å². The summed E-state index contributed by atoms with van der Waals surface area (Å²) in [5.41, 5.74) is 0.278. The molecule has 0 unspecified atom stereocenters. The van der Waals surface area contributed by atoms with Gasteiger partial charge in [-0.2, -0.15) is 0 Å². The van der Waals surface area contributed by atoms with Gasteiger partial charge in [0.2, 0.25) is 5.88 Å². The zero-order valence-electron chi connectivity index (χ0n) is 34.6. The Labute approximate surface area is 322 Å². The summed E-state index contributed by atoms with van der Waals surface area (Å²) in [6.45, 7) is 29.5. The Kier molecular flexibility index (Phi) is 16.7. The number of nitrogens with one attached hydrogen (secondary N) is 1. The van der Waals surface area contributed by atoms with E-state index in [9.17, 15) is 19.5 Å². The summed E-state index contributed by atoms with van der Waals surface area (Å²) in [6, 6.07) is 3.57. The molecule has 0 fully saturated rings. The smallest absolute Gasteiger partial charge is 0.263 e. The summed E-state index contributed by atoms with van der Waals surface area (Å²) in [6.07, 6.45) is 2.98. The van der Waals surface area contributed by atoms with E-state index in [4.69, 9.17) is 4.99 Å². The molecule has 0 bridgehead atoms. The highest BCUT2D eigenvalue weighted by atomic mass is 16.3. The average molecular weight is 749 g/mol. The number of pyridine rings is 2. The van der Waals surface area contributed by atoms with E-state index in [0.29, 0.717) is 76.2 Å². The Hall–Kier alpha value is -3.58. The van der Waals surface area contributed by atoms with Gasteiger partial charge >= 0.3 is 0 Å². The number of anilines is 1. The van der Waals surface area contributed by atoms with Crippen molar-refractivity contribution in [1.29, 1.82) is 0 Å². The van der Waals surface area contributed by atoms with Crippen LogP contribution < -0.4 is 27.4 Å². The Balaban J connectivity index is 2.00. The molecule has 0 saturated heterocycles. The van der Waals surface area contributed by atoms with Crippen molar-refractivity contribution < 1.29 is 5.11 Å². The van der Waals surface area contributed by atoms with Crippen LogP contribution in [0.2, 0.25) is 0 Å². The Morgan fingerprint density at radius 3 is 1.61 bits per heavy atom. The van der Waals surface area contributed by atoms with Crippen LogP contribution in [0.1, 0.15) is 81.1 Å². The van der Waals surface area contributed by atoms with E-state index in [-0.39, 0.29) is 29.1 Å². The molecular weight excluding hydrogens is 681 g/mol. The van der Waals surface area contributed by atoms with Gasteiger partial charge < -0.3 is 30.0 Å². The maximum atomic E-state index is 14.6. The number of aromatic hydroxyl groups is 1. The topological polar surface area (TPSA) is 119 Å². The highest BCUT2D eigenvalue weighted by molar-refractivity contribution is 6.18. The number of hydrogen-bond donors (Lipinski definition) is 2. The summed E-state index contributed by atoms with van der Waals surface area (Å²) in [4.78, 5) is 57.9. The first-order valence-corrected chi connectivity index (χ1v) is 20.9. The molecule has 2 heterocycles. The van der Waals surface area contributed by atoms with Gasteiger partial charge in [0.15, 0.2) is 0 Å². The van der Waals surface area contributed by atoms with Crippen molar-refractivity contribution in [2.24, 2.45) is 4.99 Å². The van der Waals surface area contributed by atoms with Crippen LogP contribution >= 0.6 is 0 Å². The second-order valence-corrected chi connectivity index (χ2v) is 14.3. The third-order valence-electron chi connectivity index (χ3n) is 11.4. The highest BCUT2D eigenvalue weighted by Crippen LogP contribution is 2.40. The van der Waals surface area contributed by atoms with Gasteiger partial charge in [0, 0.05) is 48.2 Å². The first-order chi connectivity index (χ1) is 26.1. The van der Waals surface area contributed by atoms with E-state index >= 15 is 0 Å². The Bertz CT molecular complexity index is 1960. The normalized spacial score (nSPS) is 12.8. The van der Waals surface area contributed by atoms with Crippen molar-refractivity contribution in [2.45, 2.75) is 94.2 Å². The van der Waals surface area contributed by atoms with Crippen LogP contribution in [0.4, 0.5) is 5.69 Å². The Morgan fingerprint density at radius 2 is 1.07 bits per heavy atom. The minimum Gasteiger partial charge on any atom is -0.494 e. The van der Waals surface area contributed by atoms with E-state index in [1.165, 1.54) is 9.13 Å². The average Bonchev–Trinajstić information content (AvgIpc) is 3.18. The zero-order valence-corrected chi connectivity index (χ0v) is 34.6. The third kappa shape index (κ3) is 9.61. The zero-order chi connectivity index (χ0) is 39.4. The molecule has 0 atom stereocenters. The lowest BCUT2D eigenvalue weighted by Gasteiger charge is -2.23. The molecular formula is C42H68N8O4. The number of benzene rings is 2. The first kappa shape index (κ1) is 43.2. The van der Waals surface area contributed by atoms with Crippen molar-refractivity contribution >= 4 is 27.2 Å². The second-order valence-electron chi connectivity index (χ2n) is 14.3. The summed E-state index contributed by atoms with van der Waals surface area (Å²) < 4.78 is 2.84. The van der Waals surface area contributed by atoms with Gasteiger partial charge in [-0.3, -0.25) is 28.5 Å². The molecule has 1 aliphatic carbocycles. The number of rotatable bonds is 25. The van der Waals surface area contributed by atoms with Crippen LogP contribution in [0.15, 0.2) is 31.5 Å². The largest absolute Gasteiger partial charge is 0.494 e. The lowest BCUT2D eigenvalue weighted by Crippen LogP contribution is -2.38. The molecule has 4 rings (SSSR count). The van der Waals surface area contributed by atoms with Crippen molar-refractivity contribution in [3.8, 4) is 17.0 Å². The fraction of sp³-hybridized carbons (Fsp3) is 0.667. The monoisotopic (exact) mass is 749 g/mol. The van der Waals surface area contributed by atoms with Crippen molar-refractivity contribution in [1.82, 2.24) is 28.7 Å². The minimum absolute atomic E-state index is 0.143. The predicted octanol–water partition coefficient (Wildman–Crippen LogP) is 4.60. The van der Waals surface area contributed by atoms with Crippen LogP contribution in [0.5, 0.6) is 5.88 Å². The van der Waals surface area contributed by atoms with E-state index in [2.05, 4.69) is 80.3 Å². The van der Waals surface area contributed by atoms with Gasteiger partial charge in [-0.05, 0) is 116 Å². The maximum Gasteiger partial charge on any atom is 0.263 e. The summed E-state index contributed by atoms with van der Waals surface area (Å²) >= 11 is 0. The third-order valence-corrected chi connectivity index (χ3v) is 11.4. The second kappa shape index (κ2) is 20.9. The molecule has 1 aromatic carbocycles. The number of aromatic nitrogens is 2. The fourth-order valence-corrected chi connectivity index (χ4v) is 7.91. The van der Waals surface area contributed by atoms with Crippen LogP contribution in [0.3, 0.4) is 0 Å². The van der Waals surface area contributed by atoms with Crippen LogP contribution in [0.25, 0.3) is 32.7 Å². The maximum absolute atomic E-state index is 14.6. The van der Waals surface area contributed by atoms with Gasteiger partial charge in [0.25, 0.3) is 16.7 Å². The van der Waals surface area contributed by atoms with Gasteiger partial charge in [0.1, 0.15) is 0 Å². The number of nitrogens with zero attached hydrogens (tertiary/aromatic N) is 7. The van der Waals surface area contributed by atoms with Gasteiger partial charge in [-0.15, -0.1) is 0 Å². The molecule has 0 saturated carbocycles. The molecule has 2 aromatic rings. The van der Waals surface area contributed by atoms with Gasteiger partial charge in [0.05, 0.1) is 21.7 Å². The van der Waals surface area contributed by atoms with Gasteiger partial charge in [-0.1, -0.05) is 55.4 Å². The summed E-state index contributed by atoms with van der Waals surface area (Å²) in [5, 5.41) is 17.6. The molecule has 1 aliphatic heterocycles. The minimum atomic E-state index is -0.378. The first-order valence-electron chi connectivity index (χ1n) is 20.9. The molecule has 12 nitrogen and oxygen atoms in total. The van der Waals surface area contributed by atoms with E-state index in [0.717, 1.165) is 91.4 Å². The van der Waals surface area contributed by atoms with Crippen molar-refractivity contribution in [2.75, 3.05) is 96.9 Å². The quantitative estimate of drug-likeness (QED) is 0.0741. The van der Waals surface area contributed by atoms with Crippen LogP contribution in [0, 0.1) is 0 Å². The molecule has 0 radical (unpaired) electrons. The summed E-state index contributed by atoms with van der Waals surface area (Å²) in [7, 11) is 0. The highest BCUT2D eigenvalue weighted by Gasteiger charge is 2.29. The predicted molar refractivity (Wildman–Crippen MR) is 225 cm³/mol. The van der Waals surface area contributed by atoms with Crippen LogP contribution in [-0.4, -0.2) is 125 Å². The molecule has 12 heteroatoms. The van der Waals surface area contributed by atoms with Crippen LogP contribution in [-0.2, 0) is 13.1 Å². The molecule has 2 N–H and O–H groups in total. The Morgan fingerprint density at radius 1 is 0.593 bits per heavy atom. The molecule has 300 valence electrons. The summed E-state index contributed by atoms with van der Waals surface area (Å²) in [5.74, 6) is -0.143. The molecule has 1 aromatic heterocycles. The standard InChI is InChI=1S/C42H68N8O4/c1-9-45(10-2)23-17-21-43-33-29-31-36-35-32(40(52)49(41(53)37(33)35)27-19-25-47(13-5)14-6)30-34(44-22-18-24-46(11-3)12-4)38(36)42(54)50(39(31)51)28-20-26-48(15-7)16-8/h29-30,43,51H,9-28H2,1-8H3. The molecule has 2 aliphatic rings. The van der Waals surface area contributed by atoms with E-state index in [1.807, 2.05) is 6.07 Å². The SMILES string of the molecule is CCN(CC)CCCN=c1cc2c(=O)n(CCCN(CC)CC)c(=O)c3c(NCCCN(CC)CC)cc4c(O)n(CCCN(CC)CC)c(=O)c1c4c3-2. The van der Waals surface area contributed by atoms with E-state index in [1.54, 1.807) is 6.07 Å². The van der Waals surface area contributed by atoms with E-state index < -0.39 is 0 Å². The molecule has 0 amide bonds. The van der Waals surface area contributed by atoms with Crippen molar-refractivity contribution in [3.05, 3.63) is 48.6 Å². The molecule has 0 spiro atoms. The molecule has 54 heavy (non-hydrogen) atoms. The van der Waals surface area contributed by atoms with Crippen molar-refractivity contribution in [3.63, 3.8) is 0 Å². The lowest BCUT2D eigenvalue weighted by molar-refractivity contribution is 0.289. The number of hydrogen-bond acceptors (Lipinski definition) is 10.